The molecule has 0 saturated heterocycles. The lowest BCUT2D eigenvalue weighted by atomic mass is 10.1. The Labute approximate surface area is 175 Å². The average molecular weight is 415 g/mol. The molecule has 0 unspecified atom stereocenters. The number of esters is 1. The van der Waals surface area contributed by atoms with Crippen molar-refractivity contribution in [3.05, 3.63) is 59.2 Å². The second-order valence-corrected chi connectivity index (χ2v) is 8.00. The first-order chi connectivity index (χ1) is 13.8. The van der Waals surface area contributed by atoms with Crippen molar-refractivity contribution < 1.29 is 19.1 Å². The molecule has 0 aliphatic heterocycles. The number of carbonyl (C=O) groups is 3. The molecule has 7 heteroatoms. The maximum absolute atomic E-state index is 11.9. The molecule has 0 spiro atoms. The summed E-state index contributed by atoms with van der Waals surface area (Å²) in [5, 5.41) is 2.64. The van der Waals surface area contributed by atoms with E-state index in [-0.39, 0.29) is 18.9 Å². The molecule has 0 saturated carbocycles. The van der Waals surface area contributed by atoms with Crippen molar-refractivity contribution in [3.8, 4) is 0 Å². The fraction of sp³-hybridized carbons (Fsp3) is 0.318. The summed E-state index contributed by atoms with van der Waals surface area (Å²) in [7, 11) is 3.35. The number of rotatable bonds is 8. The summed E-state index contributed by atoms with van der Waals surface area (Å²) < 4.78 is 5.03. The minimum atomic E-state index is -0.424. The Bertz CT molecular complexity index is 879. The zero-order chi connectivity index (χ0) is 21.4. The lowest BCUT2D eigenvalue weighted by Crippen LogP contribution is -2.22. The molecule has 2 aromatic carbocycles. The van der Waals surface area contributed by atoms with E-state index in [0.717, 1.165) is 4.90 Å². The van der Waals surface area contributed by atoms with E-state index in [9.17, 15) is 14.4 Å². The minimum absolute atomic E-state index is 0.115. The maximum Gasteiger partial charge on any atom is 0.307 e. The molecule has 0 bridgehead atoms. The average Bonchev–Trinajstić information content (AvgIpc) is 2.69. The van der Waals surface area contributed by atoms with Crippen molar-refractivity contribution in [1.29, 1.82) is 0 Å². The SMILES string of the molecule is Cc1ccc(SCCC(=O)OCC(=O)Nc2ccc(C(=O)N(C)C)cc2)cc1C. The van der Waals surface area contributed by atoms with Crippen LogP contribution in [-0.4, -0.2) is 49.1 Å². The molecule has 6 nitrogen and oxygen atoms in total. The van der Waals surface area contributed by atoms with Crippen LogP contribution in [0.4, 0.5) is 5.69 Å². The molecule has 0 aliphatic rings. The number of aryl methyl sites for hydroxylation is 2. The highest BCUT2D eigenvalue weighted by Gasteiger charge is 2.10. The number of amides is 2. The number of ether oxygens (including phenoxy) is 1. The van der Waals surface area contributed by atoms with E-state index in [1.165, 1.54) is 16.0 Å². The molecule has 0 aromatic heterocycles. The van der Waals surface area contributed by atoms with Crippen LogP contribution in [0.1, 0.15) is 27.9 Å². The van der Waals surface area contributed by atoms with Gasteiger partial charge in [0.2, 0.25) is 0 Å². The smallest absolute Gasteiger partial charge is 0.307 e. The highest BCUT2D eigenvalue weighted by atomic mass is 32.2. The maximum atomic E-state index is 11.9. The van der Waals surface area contributed by atoms with Crippen molar-refractivity contribution >= 4 is 35.2 Å². The molecular formula is C22H26N2O4S. The minimum Gasteiger partial charge on any atom is -0.456 e. The standard InChI is InChI=1S/C22H26N2O4S/c1-15-5-10-19(13-16(15)2)29-12-11-21(26)28-14-20(25)23-18-8-6-17(7-9-18)22(27)24(3)4/h5-10,13H,11-12,14H2,1-4H3,(H,23,25). The predicted molar refractivity (Wildman–Crippen MR) is 115 cm³/mol. The molecule has 0 aliphatic carbocycles. The zero-order valence-electron chi connectivity index (χ0n) is 17.2. The van der Waals surface area contributed by atoms with Crippen LogP contribution in [0, 0.1) is 13.8 Å². The Kier molecular flexibility index (Phi) is 8.27. The van der Waals surface area contributed by atoms with Gasteiger partial charge in [0.05, 0.1) is 6.42 Å². The molecule has 29 heavy (non-hydrogen) atoms. The van der Waals surface area contributed by atoms with Gasteiger partial charge < -0.3 is 15.0 Å². The van der Waals surface area contributed by atoms with Crippen molar-refractivity contribution in [2.75, 3.05) is 31.8 Å². The topological polar surface area (TPSA) is 75.7 Å². The molecule has 2 amide bonds. The van der Waals surface area contributed by atoms with E-state index < -0.39 is 11.9 Å². The summed E-state index contributed by atoms with van der Waals surface area (Å²) in [5.41, 5.74) is 3.51. The van der Waals surface area contributed by atoms with Gasteiger partial charge in [-0.3, -0.25) is 14.4 Å². The van der Waals surface area contributed by atoms with Gasteiger partial charge in [0.25, 0.3) is 11.8 Å². The summed E-state index contributed by atoms with van der Waals surface area (Å²) in [6.07, 6.45) is 0.228. The van der Waals surface area contributed by atoms with Crippen molar-refractivity contribution in [2.24, 2.45) is 0 Å². The Hall–Kier alpha value is -2.80. The number of nitrogens with one attached hydrogen (secondary N) is 1. The summed E-state index contributed by atoms with van der Waals surface area (Å²) in [6, 6.07) is 12.7. The highest BCUT2D eigenvalue weighted by Crippen LogP contribution is 2.21. The van der Waals surface area contributed by atoms with Crippen molar-refractivity contribution in [1.82, 2.24) is 4.90 Å². The van der Waals surface area contributed by atoms with Gasteiger partial charge in [0.1, 0.15) is 0 Å². The third-order valence-corrected chi connectivity index (χ3v) is 5.23. The third-order valence-electron chi connectivity index (χ3n) is 4.24. The molecule has 0 atom stereocenters. The van der Waals surface area contributed by atoms with Crippen molar-refractivity contribution in [3.63, 3.8) is 0 Å². The van der Waals surface area contributed by atoms with Crippen molar-refractivity contribution in [2.45, 2.75) is 25.2 Å². The number of carbonyl (C=O) groups excluding carboxylic acids is 3. The van der Waals surface area contributed by atoms with Gasteiger partial charge in [0.15, 0.2) is 6.61 Å². The summed E-state index contributed by atoms with van der Waals surface area (Å²) in [6.45, 7) is 3.77. The summed E-state index contributed by atoms with van der Waals surface area (Å²) in [5.74, 6) is -0.365. The monoisotopic (exact) mass is 414 g/mol. The van der Waals surface area contributed by atoms with Gasteiger partial charge in [0, 0.05) is 36.0 Å². The van der Waals surface area contributed by atoms with E-state index in [0.29, 0.717) is 17.0 Å². The van der Waals surface area contributed by atoms with Gasteiger partial charge in [-0.2, -0.15) is 0 Å². The Morgan fingerprint density at radius 1 is 1.00 bits per heavy atom. The Balaban J connectivity index is 1.70. The number of hydrogen-bond acceptors (Lipinski definition) is 5. The Morgan fingerprint density at radius 2 is 1.69 bits per heavy atom. The number of thioether (sulfide) groups is 1. The van der Waals surface area contributed by atoms with E-state index in [1.807, 2.05) is 6.07 Å². The molecule has 0 fully saturated rings. The molecule has 0 radical (unpaired) electrons. The van der Waals surface area contributed by atoms with E-state index >= 15 is 0 Å². The van der Waals surface area contributed by atoms with Gasteiger partial charge >= 0.3 is 5.97 Å². The quantitative estimate of drug-likeness (QED) is 0.527. The predicted octanol–water partition coefficient (Wildman–Crippen LogP) is 3.67. The van der Waals surface area contributed by atoms with Gasteiger partial charge in [-0.1, -0.05) is 6.07 Å². The van der Waals surface area contributed by atoms with Gasteiger partial charge in [-0.15, -0.1) is 11.8 Å². The first kappa shape index (κ1) is 22.5. The van der Waals surface area contributed by atoms with Crippen LogP contribution >= 0.6 is 11.8 Å². The first-order valence-corrected chi connectivity index (χ1v) is 10.2. The van der Waals surface area contributed by atoms with Crippen LogP contribution < -0.4 is 5.32 Å². The molecule has 0 heterocycles. The normalized spacial score (nSPS) is 10.3. The van der Waals surface area contributed by atoms with Crippen LogP contribution in [0.15, 0.2) is 47.4 Å². The fourth-order valence-corrected chi connectivity index (χ4v) is 3.35. The molecule has 154 valence electrons. The lowest BCUT2D eigenvalue weighted by molar-refractivity contribution is -0.146. The van der Waals surface area contributed by atoms with Crippen LogP contribution in [0.5, 0.6) is 0 Å². The number of nitrogens with zero attached hydrogens (tertiary/aromatic N) is 1. The number of hydrogen-bond donors (Lipinski definition) is 1. The molecular weight excluding hydrogens is 388 g/mol. The number of anilines is 1. The zero-order valence-corrected chi connectivity index (χ0v) is 18.0. The molecule has 1 N–H and O–H groups in total. The van der Waals surface area contributed by atoms with Crippen LogP contribution in [0.3, 0.4) is 0 Å². The third kappa shape index (κ3) is 7.27. The van der Waals surface area contributed by atoms with E-state index in [2.05, 4.69) is 31.3 Å². The van der Waals surface area contributed by atoms with Crippen LogP contribution in [0.2, 0.25) is 0 Å². The van der Waals surface area contributed by atoms with Gasteiger partial charge in [-0.05, 0) is 61.4 Å². The lowest BCUT2D eigenvalue weighted by Gasteiger charge is -2.11. The van der Waals surface area contributed by atoms with Gasteiger partial charge in [-0.25, -0.2) is 0 Å². The number of benzene rings is 2. The second kappa shape index (κ2) is 10.7. The fourth-order valence-electron chi connectivity index (χ4n) is 2.43. The molecule has 2 aromatic rings. The summed E-state index contributed by atoms with van der Waals surface area (Å²) in [4.78, 5) is 38.2. The second-order valence-electron chi connectivity index (χ2n) is 6.83. The summed E-state index contributed by atoms with van der Waals surface area (Å²) >= 11 is 1.58. The van der Waals surface area contributed by atoms with Crippen LogP contribution in [-0.2, 0) is 14.3 Å². The van der Waals surface area contributed by atoms with Crippen LogP contribution in [0.25, 0.3) is 0 Å². The largest absolute Gasteiger partial charge is 0.456 e. The Morgan fingerprint density at radius 3 is 2.31 bits per heavy atom. The molecule has 2 rings (SSSR count). The van der Waals surface area contributed by atoms with E-state index in [1.54, 1.807) is 50.1 Å². The van der Waals surface area contributed by atoms with E-state index in [4.69, 9.17) is 4.74 Å². The highest BCUT2D eigenvalue weighted by molar-refractivity contribution is 7.99. The first-order valence-electron chi connectivity index (χ1n) is 9.23.